The van der Waals surface area contributed by atoms with Crippen LogP contribution in [0.25, 0.3) is 11.3 Å². The van der Waals surface area contributed by atoms with E-state index in [9.17, 15) is 4.79 Å². The molecule has 3 rings (SSSR count). The lowest BCUT2D eigenvalue weighted by atomic mass is 9.99. The van der Waals surface area contributed by atoms with Crippen LogP contribution < -0.4 is 0 Å². The third-order valence-electron chi connectivity index (χ3n) is 3.45. The molecule has 0 radical (unpaired) electrons. The molecule has 1 aromatic carbocycles. The Hall–Kier alpha value is -1.90. The van der Waals surface area contributed by atoms with Crippen molar-refractivity contribution in [1.82, 2.24) is 5.16 Å². The molecule has 0 saturated heterocycles. The maximum Gasteiger partial charge on any atom is 0.144 e. The molecule has 18 heavy (non-hydrogen) atoms. The summed E-state index contributed by atoms with van der Waals surface area (Å²) >= 11 is 0. The summed E-state index contributed by atoms with van der Waals surface area (Å²) in [5.74, 6) is 1.39. The van der Waals surface area contributed by atoms with E-state index in [0.29, 0.717) is 12.3 Å². The number of nitrogens with zero attached hydrogens (tertiary/aromatic N) is 1. The first-order valence-electron chi connectivity index (χ1n) is 6.29. The summed E-state index contributed by atoms with van der Waals surface area (Å²) < 4.78 is 5.47. The highest BCUT2D eigenvalue weighted by molar-refractivity contribution is 5.71. The zero-order valence-electron chi connectivity index (χ0n) is 10.3. The second kappa shape index (κ2) is 4.41. The van der Waals surface area contributed by atoms with Crippen LogP contribution in [0.2, 0.25) is 0 Å². The minimum Gasteiger partial charge on any atom is -0.360 e. The fraction of sp³-hybridized carbons (Fsp3) is 0.333. The SMILES string of the molecule is Cc1ccccc1-c1noc(C2CC2)c1CC=O. The van der Waals surface area contributed by atoms with Crippen LogP contribution in [-0.4, -0.2) is 11.4 Å². The van der Waals surface area contributed by atoms with Crippen molar-refractivity contribution in [1.29, 1.82) is 0 Å². The molecule has 0 bridgehead atoms. The minimum absolute atomic E-state index is 0.388. The molecule has 0 N–H and O–H groups in total. The molecule has 0 spiro atoms. The average Bonchev–Trinajstić information content (AvgIpc) is 3.13. The van der Waals surface area contributed by atoms with Crippen molar-refractivity contribution in [2.24, 2.45) is 0 Å². The van der Waals surface area contributed by atoms with Crippen molar-refractivity contribution in [3.63, 3.8) is 0 Å². The van der Waals surface area contributed by atoms with Gasteiger partial charge in [0.05, 0.1) is 0 Å². The van der Waals surface area contributed by atoms with Crippen molar-refractivity contribution in [3.05, 3.63) is 41.2 Å². The van der Waals surface area contributed by atoms with Crippen LogP contribution in [0.5, 0.6) is 0 Å². The lowest BCUT2D eigenvalue weighted by Gasteiger charge is -2.03. The molecule has 1 saturated carbocycles. The number of carbonyl (C=O) groups excluding carboxylic acids is 1. The molecule has 0 amide bonds. The molecule has 1 aliphatic rings. The Balaban J connectivity index is 2.11. The molecular weight excluding hydrogens is 226 g/mol. The minimum atomic E-state index is 0.388. The summed E-state index contributed by atoms with van der Waals surface area (Å²) in [7, 11) is 0. The fourth-order valence-corrected chi connectivity index (χ4v) is 2.32. The van der Waals surface area contributed by atoms with Crippen molar-refractivity contribution in [2.45, 2.75) is 32.1 Å². The average molecular weight is 241 g/mol. The zero-order chi connectivity index (χ0) is 12.5. The van der Waals surface area contributed by atoms with Crippen molar-refractivity contribution in [2.75, 3.05) is 0 Å². The molecule has 3 heteroatoms. The molecule has 1 heterocycles. The van der Waals surface area contributed by atoms with Gasteiger partial charge in [-0.15, -0.1) is 0 Å². The van der Waals surface area contributed by atoms with E-state index in [1.165, 1.54) is 0 Å². The first kappa shape index (κ1) is 11.2. The highest BCUT2D eigenvalue weighted by atomic mass is 16.5. The largest absolute Gasteiger partial charge is 0.360 e. The van der Waals surface area contributed by atoms with E-state index in [2.05, 4.69) is 5.16 Å². The number of rotatable bonds is 4. The predicted molar refractivity (Wildman–Crippen MR) is 68.4 cm³/mol. The van der Waals surface area contributed by atoms with Crippen LogP contribution in [0.1, 0.15) is 35.6 Å². The smallest absolute Gasteiger partial charge is 0.144 e. The lowest BCUT2D eigenvalue weighted by molar-refractivity contribution is -0.107. The number of aldehydes is 1. The summed E-state index contributed by atoms with van der Waals surface area (Å²) in [4.78, 5) is 10.9. The van der Waals surface area contributed by atoms with E-state index in [1.807, 2.05) is 31.2 Å². The van der Waals surface area contributed by atoms with Gasteiger partial charge in [-0.2, -0.15) is 0 Å². The predicted octanol–water partition coefficient (Wildman–Crippen LogP) is 3.27. The van der Waals surface area contributed by atoms with Gasteiger partial charge >= 0.3 is 0 Å². The van der Waals surface area contributed by atoms with Crippen LogP contribution in [0.4, 0.5) is 0 Å². The third-order valence-corrected chi connectivity index (χ3v) is 3.45. The molecular formula is C15H15NO2. The summed E-state index contributed by atoms with van der Waals surface area (Å²) in [5.41, 5.74) is 4.02. The van der Waals surface area contributed by atoms with Crippen molar-refractivity contribution in [3.8, 4) is 11.3 Å². The fourth-order valence-electron chi connectivity index (χ4n) is 2.32. The molecule has 2 aromatic rings. The molecule has 0 unspecified atom stereocenters. The molecule has 1 aromatic heterocycles. The lowest BCUT2D eigenvalue weighted by Crippen LogP contribution is -1.93. The Morgan fingerprint density at radius 3 is 2.83 bits per heavy atom. The first-order chi connectivity index (χ1) is 8.81. The van der Waals surface area contributed by atoms with E-state index in [4.69, 9.17) is 4.52 Å². The normalized spacial score (nSPS) is 14.7. The highest BCUT2D eigenvalue weighted by Crippen LogP contribution is 2.44. The summed E-state index contributed by atoms with van der Waals surface area (Å²) in [5, 5.41) is 4.19. The van der Waals surface area contributed by atoms with Gasteiger partial charge in [-0.05, 0) is 25.3 Å². The number of carbonyl (C=O) groups is 1. The van der Waals surface area contributed by atoms with Gasteiger partial charge in [0.2, 0.25) is 0 Å². The number of aryl methyl sites for hydroxylation is 1. The van der Waals surface area contributed by atoms with Gasteiger partial charge in [-0.3, -0.25) is 0 Å². The molecule has 1 aliphatic carbocycles. The first-order valence-corrected chi connectivity index (χ1v) is 6.29. The van der Waals surface area contributed by atoms with Gasteiger partial charge in [0.1, 0.15) is 17.7 Å². The van der Waals surface area contributed by atoms with Crippen molar-refractivity contribution < 1.29 is 9.32 Å². The van der Waals surface area contributed by atoms with E-state index < -0.39 is 0 Å². The van der Waals surface area contributed by atoms with Crippen LogP contribution in [0.3, 0.4) is 0 Å². The van der Waals surface area contributed by atoms with E-state index in [1.54, 1.807) is 0 Å². The molecule has 1 fully saturated rings. The number of hydrogen-bond donors (Lipinski definition) is 0. The van der Waals surface area contributed by atoms with Crippen LogP contribution in [-0.2, 0) is 11.2 Å². The standard InChI is InChI=1S/C15H15NO2/c1-10-4-2-3-5-12(10)14-13(8-9-17)15(18-16-14)11-6-7-11/h2-5,9,11H,6-8H2,1H3. The quantitative estimate of drug-likeness (QED) is 0.771. The van der Waals surface area contributed by atoms with Gasteiger partial charge in [-0.1, -0.05) is 29.4 Å². The second-order valence-corrected chi connectivity index (χ2v) is 4.83. The Bertz CT molecular complexity index is 582. The Morgan fingerprint density at radius 1 is 1.39 bits per heavy atom. The molecule has 92 valence electrons. The highest BCUT2D eigenvalue weighted by Gasteiger charge is 2.32. The van der Waals surface area contributed by atoms with Gasteiger partial charge in [0, 0.05) is 23.5 Å². The topological polar surface area (TPSA) is 43.1 Å². The molecule has 3 nitrogen and oxygen atoms in total. The van der Waals surface area contributed by atoms with Crippen LogP contribution >= 0.6 is 0 Å². The monoisotopic (exact) mass is 241 g/mol. The number of benzene rings is 1. The van der Waals surface area contributed by atoms with Gasteiger partial charge in [0.15, 0.2) is 0 Å². The van der Waals surface area contributed by atoms with Crippen LogP contribution in [0, 0.1) is 6.92 Å². The zero-order valence-corrected chi connectivity index (χ0v) is 10.3. The van der Waals surface area contributed by atoms with E-state index in [-0.39, 0.29) is 0 Å². The summed E-state index contributed by atoms with van der Waals surface area (Å²) in [6.45, 7) is 2.05. The Kier molecular flexibility index (Phi) is 2.74. The molecule has 0 aliphatic heterocycles. The van der Waals surface area contributed by atoms with Gasteiger partial charge in [-0.25, -0.2) is 0 Å². The maximum atomic E-state index is 10.9. The third kappa shape index (κ3) is 1.86. The Morgan fingerprint density at radius 2 is 2.17 bits per heavy atom. The summed E-state index contributed by atoms with van der Waals surface area (Å²) in [6, 6.07) is 8.06. The molecule has 0 atom stereocenters. The number of aromatic nitrogens is 1. The van der Waals surface area contributed by atoms with Crippen molar-refractivity contribution >= 4 is 6.29 Å². The second-order valence-electron chi connectivity index (χ2n) is 4.83. The van der Waals surface area contributed by atoms with Gasteiger partial charge in [0.25, 0.3) is 0 Å². The Labute approximate surface area is 106 Å². The van der Waals surface area contributed by atoms with E-state index in [0.717, 1.165) is 47.3 Å². The summed E-state index contributed by atoms with van der Waals surface area (Å²) in [6.07, 6.45) is 3.61. The van der Waals surface area contributed by atoms with Gasteiger partial charge < -0.3 is 9.32 Å². The maximum absolute atomic E-state index is 10.9. The number of hydrogen-bond acceptors (Lipinski definition) is 3. The van der Waals surface area contributed by atoms with E-state index >= 15 is 0 Å². The van der Waals surface area contributed by atoms with Crippen LogP contribution in [0.15, 0.2) is 28.8 Å².